The van der Waals surface area contributed by atoms with Gasteiger partial charge in [0.05, 0.1) is 30.3 Å². The topological polar surface area (TPSA) is 120 Å². The van der Waals surface area contributed by atoms with E-state index in [9.17, 15) is 9.59 Å². The lowest BCUT2D eigenvalue weighted by atomic mass is 10.2. The molecule has 0 fully saturated rings. The van der Waals surface area contributed by atoms with Crippen LogP contribution in [0.5, 0.6) is 17.4 Å². The molecule has 1 aliphatic rings. The van der Waals surface area contributed by atoms with E-state index in [4.69, 9.17) is 14.2 Å². The maximum Gasteiger partial charge on any atom is 0.260 e. The van der Waals surface area contributed by atoms with Crippen LogP contribution in [-0.2, 0) is 16.1 Å². The third-order valence-electron chi connectivity index (χ3n) is 5.27. The summed E-state index contributed by atoms with van der Waals surface area (Å²) in [6.07, 6.45) is 5.00. The zero-order valence-electron chi connectivity index (χ0n) is 19.7. The maximum absolute atomic E-state index is 12.5. The van der Waals surface area contributed by atoms with Crippen molar-refractivity contribution in [1.82, 2.24) is 19.7 Å². The fraction of sp³-hybridized carbons (Fsp3) is 0.333. The van der Waals surface area contributed by atoms with Crippen molar-refractivity contribution in [3.63, 3.8) is 0 Å². The molecule has 11 nitrogen and oxygen atoms in total. The van der Waals surface area contributed by atoms with E-state index in [1.807, 2.05) is 31.2 Å². The lowest BCUT2D eigenvalue weighted by Gasteiger charge is -2.17. The number of fused-ring (bicyclic) bond motifs is 1. The molecule has 0 aliphatic carbocycles. The van der Waals surface area contributed by atoms with E-state index in [-0.39, 0.29) is 31.6 Å². The van der Waals surface area contributed by atoms with Crippen LogP contribution in [-0.4, -0.2) is 65.0 Å². The molecule has 1 aromatic carbocycles. The summed E-state index contributed by atoms with van der Waals surface area (Å²) in [5.74, 6) is 1.52. The fourth-order valence-corrected chi connectivity index (χ4v) is 3.27. The van der Waals surface area contributed by atoms with Crippen LogP contribution in [0.25, 0.3) is 0 Å². The number of pyridine rings is 1. The highest BCUT2D eigenvalue weighted by molar-refractivity contribution is 5.90. The van der Waals surface area contributed by atoms with E-state index in [0.717, 1.165) is 17.0 Å². The van der Waals surface area contributed by atoms with Gasteiger partial charge in [-0.3, -0.25) is 14.3 Å². The highest BCUT2D eigenvalue weighted by atomic mass is 16.7. The first kappa shape index (κ1) is 23.9. The van der Waals surface area contributed by atoms with Crippen LogP contribution in [0.4, 0.5) is 11.4 Å². The van der Waals surface area contributed by atoms with Crippen LogP contribution in [0.1, 0.15) is 12.0 Å². The lowest BCUT2D eigenvalue weighted by molar-refractivity contribution is -0.131. The Morgan fingerprint density at radius 1 is 1.17 bits per heavy atom. The smallest absolute Gasteiger partial charge is 0.260 e. The molecule has 4 rings (SSSR count). The Balaban J connectivity index is 1.15. The minimum atomic E-state index is -0.178. The van der Waals surface area contributed by atoms with Gasteiger partial charge in [-0.15, -0.1) is 0 Å². The molecule has 0 spiro atoms. The van der Waals surface area contributed by atoms with Crippen molar-refractivity contribution in [3.05, 3.63) is 54.5 Å². The van der Waals surface area contributed by atoms with Crippen molar-refractivity contribution in [3.8, 4) is 17.4 Å². The lowest BCUT2D eigenvalue weighted by Crippen LogP contribution is -2.33. The minimum absolute atomic E-state index is 0.0651. The van der Waals surface area contributed by atoms with Gasteiger partial charge in [0.2, 0.25) is 18.6 Å². The molecule has 3 heterocycles. The SMILES string of the molecule is Cc1ccc(OCCN(C)C(=O)Cn2cc(NC(=O)CCNc3cnc4c(c3)OCO4)cn2)cc1. The number of nitrogens with one attached hydrogen (secondary N) is 2. The first-order valence-corrected chi connectivity index (χ1v) is 11.2. The van der Waals surface area contributed by atoms with Crippen LogP contribution in [0.3, 0.4) is 0 Å². The number of nitrogens with zero attached hydrogens (tertiary/aromatic N) is 4. The van der Waals surface area contributed by atoms with Crippen molar-refractivity contribution in [1.29, 1.82) is 0 Å². The van der Waals surface area contributed by atoms with Gasteiger partial charge in [-0.1, -0.05) is 17.7 Å². The molecule has 0 saturated heterocycles. The zero-order valence-corrected chi connectivity index (χ0v) is 19.7. The van der Waals surface area contributed by atoms with Crippen LogP contribution >= 0.6 is 0 Å². The third kappa shape index (κ3) is 6.85. The van der Waals surface area contributed by atoms with Gasteiger partial charge >= 0.3 is 0 Å². The standard InChI is InChI=1S/C24H28N6O5/c1-17-3-5-20(6-4-17)33-10-9-29(2)23(32)15-30-14-19(13-27-30)28-22(31)7-8-25-18-11-21-24(26-12-18)35-16-34-21/h3-6,11-14,25H,7-10,15-16H2,1-2H3,(H,28,31). The number of anilines is 2. The summed E-state index contributed by atoms with van der Waals surface area (Å²) < 4.78 is 17.6. The molecule has 0 bridgehead atoms. The number of carbonyl (C=O) groups excluding carboxylic acids is 2. The van der Waals surface area contributed by atoms with Crippen LogP contribution in [0, 0.1) is 6.92 Å². The van der Waals surface area contributed by atoms with Gasteiger partial charge in [0.15, 0.2) is 5.75 Å². The minimum Gasteiger partial charge on any atom is -0.492 e. The summed E-state index contributed by atoms with van der Waals surface area (Å²) >= 11 is 0. The summed E-state index contributed by atoms with van der Waals surface area (Å²) in [5.41, 5.74) is 2.43. The van der Waals surface area contributed by atoms with Crippen molar-refractivity contribution in [2.75, 3.05) is 44.2 Å². The fourth-order valence-electron chi connectivity index (χ4n) is 3.27. The number of benzene rings is 1. The highest BCUT2D eigenvalue weighted by Gasteiger charge is 2.15. The molecule has 3 aromatic rings. The Morgan fingerprint density at radius 3 is 2.83 bits per heavy atom. The van der Waals surface area contributed by atoms with E-state index in [0.29, 0.717) is 37.0 Å². The predicted molar refractivity (Wildman–Crippen MR) is 129 cm³/mol. The molecular formula is C24H28N6O5. The maximum atomic E-state index is 12.5. The van der Waals surface area contributed by atoms with Crippen LogP contribution < -0.4 is 24.8 Å². The molecule has 11 heteroatoms. The molecular weight excluding hydrogens is 452 g/mol. The van der Waals surface area contributed by atoms with Crippen LogP contribution in [0.2, 0.25) is 0 Å². The second-order valence-corrected chi connectivity index (χ2v) is 8.06. The number of aromatic nitrogens is 3. The molecule has 0 unspecified atom stereocenters. The Hall–Kier alpha value is -4.28. The Morgan fingerprint density at radius 2 is 2.00 bits per heavy atom. The average Bonchev–Trinajstić information content (AvgIpc) is 3.49. The van der Waals surface area contributed by atoms with Gasteiger partial charge in [0.1, 0.15) is 18.9 Å². The second kappa shape index (κ2) is 11.2. The summed E-state index contributed by atoms with van der Waals surface area (Å²) in [4.78, 5) is 30.4. The summed E-state index contributed by atoms with van der Waals surface area (Å²) in [5, 5.41) is 10.1. The van der Waals surface area contributed by atoms with Crippen LogP contribution in [0.15, 0.2) is 48.9 Å². The van der Waals surface area contributed by atoms with E-state index < -0.39 is 0 Å². The number of amides is 2. The van der Waals surface area contributed by atoms with Crippen molar-refractivity contribution < 1.29 is 23.8 Å². The molecule has 35 heavy (non-hydrogen) atoms. The first-order chi connectivity index (χ1) is 17.0. The van der Waals surface area contributed by atoms with E-state index >= 15 is 0 Å². The van der Waals surface area contributed by atoms with Crippen molar-refractivity contribution in [2.45, 2.75) is 19.9 Å². The molecule has 0 radical (unpaired) electrons. The third-order valence-corrected chi connectivity index (χ3v) is 5.27. The van der Waals surface area contributed by atoms with Gasteiger partial charge in [-0.05, 0) is 19.1 Å². The summed E-state index contributed by atoms with van der Waals surface area (Å²) in [7, 11) is 1.72. The average molecular weight is 481 g/mol. The number of likely N-dealkylation sites (N-methyl/N-ethyl adjacent to an activating group) is 1. The highest BCUT2D eigenvalue weighted by Crippen LogP contribution is 2.31. The molecule has 0 atom stereocenters. The number of hydrogen-bond acceptors (Lipinski definition) is 8. The van der Waals surface area contributed by atoms with Gasteiger partial charge in [0, 0.05) is 32.3 Å². The van der Waals surface area contributed by atoms with E-state index in [2.05, 4.69) is 20.7 Å². The molecule has 2 amide bonds. The number of hydrogen-bond donors (Lipinski definition) is 2. The Kier molecular flexibility index (Phi) is 7.66. The molecule has 2 N–H and O–H groups in total. The van der Waals surface area contributed by atoms with Crippen molar-refractivity contribution in [2.24, 2.45) is 0 Å². The van der Waals surface area contributed by atoms with Gasteiger partial charge in [-0.25, -0.2) is 4.98 Å². The zero-order chi connectivity index (χ0) is 24.6. The Bertz CT molecular complexity index is 1160. The van der Waals surface area contributed by atoms with Gasteiger partial charge in [-0.2, -0.15) is 5.10 Å². The van der Waals surface area contributed by atoms with E-state index in [1.165, 1.54) is 10.9 Å². The van der Waals surface area contributed by atoms with Gasteiger partial charge < -0.3 is 29.7 Å². The number of carbonyl (C=O) groups is 2. The first-order valence-electron chi connectivity index (χ1n) is 11.2. The molecule has 1 aliphatic heterocycles. The van der Waals surface area contributed by atoms with Gasteiger partial charge in [0.25, 0.3) is 5.88 Å². The number of aryl methyl sites for hydroxylation is 1. The molecule has 0 saturated carbocycles. The number of ether oxygens (including phenoxy) is 3. The molecule has 2 aromatic heterocycles. The molecule has 184 valence electrons. The summed E-state index contributed by atoms with van der Waals surface area (Å²) in [6, 6.07) is 9.54. The summed E-state index contributed by atoms with van der Waals surface area (Å²) in [6.45, 7) is 3.49. The monoisotopic (exact) mass is 480 g/mol. The number of rotatable bonds is 11. The van der Waals surface area contributed by atoms with E-state index in [1.54, 1.807) is 30.4 Å². The normalized spacial score (nSPS) is 11.7. The second-order valence-electron chi connectivity index (χ2n) is 8.06. The van der Waals surface area contributed by atoms with Crippen molar-refractivity contribution >= 4 is 23.2 Å². The Labute approximate surface area is 203 Å². The predicted octanol–water partition coefficient (Wildman–Crippen LogP) is 2.29. The largest absolute Gasteiger partial charge is 0.492 e. The quantitative estimate of drug-likeness (QED) is 0.429.